The highest BCUT2D eigenvalue weighted by atomic mass is 35.5. The van der Waals surface area contributed by atoms with Gasteiger partial charge in [0.05, 0.1) is 10.9 Å². The molecular weight excluding hydrogens is 472 g/mol. The number of aryl methyl sites for hydroxylation is 1. The highest BCUT2D eigenvalue weighted by molar-refractivity contribution is 6.30. The van der Waals surface area contributed by atoms with Crippen molar-refractivity contribution in [2.45, 2.75) is 6.54 Å². The van der Waals surface area contributed by atoms with Crippen molar-refractivity contribution in [3.8, 4) is 11.5 Å². The lowest BCUT2D eigenvalue weighted by Crippen LogP contribution is -2.31. The summed E-state index contributed by atoms with van der Waals surface area (Å²) in [5.41, 5.74) is 1.34. The third-order valence-electron chi connectivity index (χ3n) is 5.53. The van der Waals surface area contributed by atoms with Gasteiger partial charge in [-0.15, -0.1) is 0 Å². The summed E-state index contributed by atoms with van der Waals surface area (Å²) in [5.74, 6) is 0.0854. The predicted molar refractivity (Wildman–Crippen MR) is 130 cm³/mol. The summed E-state index contributed by atoms with van der Waals surface area (Å²) in [6.45, 7) is 0.322. The van der Waals surface area contributed by atoms with Crippen molar-refractivity contribution in [3.05, 3.63) is 92.7 Å². The standard InChI is InChI=1S/C25H19ClN4O5/c1-30-19-8-7-17(28-24(32)15-4-9-20-21(10-15)35-13-34-20)11-18(19)23(31)22(29-30)25(33)27-12-14-2-5-16(26)6-3-14/h2-11H,12-13H2,1H3,(H,27,33)(H,28,32). The van der Waals surface area contributed by atoms with E-state index in [1.165, 1.54) is 10.7 Å². The van der Waals surface area contributed by atoms with Crippen LogP contribution in [0, 0.1) is 0 Å². The number of carbonyl (C=O) groups is 2. The van der Waals surface area contributed by atoms with E-state index in [2.05, 4.69) is 15.7 Å². The molecule has 2 N–H and O–H groups in total. The molecule has 10 heteroatoms. The second kappa shape index (κ2) is 9.11. The lowest BCUT2D eigenvalue weighted by atomic mass is 10.1. The molecule has 0 saturated heterocycles. The van der Waals surface area contributed by atoms with Crippen molar-refractivity contribution in [1.29, 1.82) is 0 Å². The van der Waals surface area contributed by atoms with E-state index in [-0.39, 0.29) is 30.3 Å². The summed E-state index contributed by atoms with van der Waals surface area (Å²) < 4.78 is 12.0. The average Bonchev–Trinajstić information content (AvgIpc) is 3.33. The number of halogens is 1. The Morgan fingerprint density at radius 3 is 2.57 bits per heavy atom. The van der Waals surface area contributed by atoms with E-state index in [1.807, 2.05) is 0 Å². The molecule has 1 aromatic heterocycles. The molecule has 1 aliphatic rings. The Balaban J connectivity index is 1.39. The minimum absolute atomic E-state index is 0.109. The molecule has 0 unspecified atom stereocenters. The van der Waals surface area contributed by atoms with Crippen molar-refractivity contribution >= 4 is 40.0 Å². The zero-order valence-electron chi connectivity index (χ0n) is 18.5. The zero-order chi connectivity index (χ0) is 24.5. The number of nitrogens with zero attached hydrogens (tertiary/aromatic N) is 2. The highest BCUT2D eigenvalue weighted by Crippen LogP contribution is 2.32. The number of ether oxygens (including phenoxy) is 2. The first-order chi connectivity index (χ1) is 16.9. The van der Waals surface area contributed by atoms with Crippen LogP contribution < -0.4 is 25.5 Å². The fourth-order valence-corrected chi connectivity index (χ4v) is 3.84. The molecule has 176 valence electrons. The average molecular weight is 491 g/mol. The Kier molecular flexibility index (Phi) is 5.84. The number of hydrogen-bond donors (Lipinski definition) is 2. The van der Waals surface area contributed by atoms with Gasteiger partial charge >= 0.3 is 0 Å². The molecule has 1 aliphatic heterocycles. The second-order valence-corrected chi connectivity index (χ2v) is 8.30. The Morgan fingerprint density at radius 2 is 1.77 bits per heavy atom. The van der Waals surface area contributed by atoms with Crippen LogP contribution in [0.15, 0.2) is 65.5 Å². The maximum absolute atomic E-state index is 13.1. The van der Waals surface area contributed by atoms with Crippen molar-refractivity contribution in [3.63, 3.8) is 0 Å². The maximum atomic E-state index is 13.1. The molecule has 0 bridgehead atoms. The normalized spacial score (nSPS) is 11.9. The Morgan fingerprint density at radius 1 is 1.00 bits per heavy atom. The monoisotopic (exact) mass is 490 g/mol. The third-order valence-corrected chi connectivity index (χ3v) is 5.78. The van der Waals surface area contributed by atoms with Crippen LogP contribution in [-0.4, -0.2) is 28.4 Å². The van der Waals surface area contributed by atoms with Crippen molar-refractivity contribution in [2.24, 2.45) is 7.05 Å². The molecule has 3 aromatic carbocycles. The van der Waals surface area contributed by atoms with Gasteiger partial charge in [-0.05, 0) is 54.1 Å². The highest BCUT2D eigenvalue weighted by Gasteiger charge is 2.19. The SMILES string of the molecule is Cn1nc(C(=O)NCc2ccc(Cl)cc2)c(=O)c2cc(NC(=O)c3ccc4c(c3)OCO4)ccc21. The van der Waals surface area contributed by atoms with Crippen LogP contribution in [0.1, 0.15) is 26.4 Å². The van der Waals surface area contributed by atoms with Crippen LogP contribution in [0.4, 0.5) is 5.69 Å². The largest absolute Gasteiger partial charge is 0.454 e. The van der Waals surface area contributed by atoms with Gasteiger partial charge < -0.3 is 20.1 Å². The van der Waals surface area contributed by atoms with Crippen LogP contribution in [0.25, 0.3) is 10.9 Å². The summed E-state index contributed by atoms with van der Waals surface area (Å²) >= 11 is 5.89. The summed E-state index contributed by atoms with van der Waals surface area (Å²) in [6.07, 6.45) is 0. The Hall–Kier alpha value is -4.37. The summed E-state index contributed by atoms with van der Waals surface area (Å²) in [5, 5.41) is 10.5. The number of amides is 2. The first-order valence-electron chi connectivity index (χ1n) is 10.6. The van der Waals surface area contributed by atoms with Crippen molar-refractivity contribution in [2.75, 3.05) is 12.1 Å². The molecule has 9 nitrogen and oxygen atoms in total. The summed E-state index contributed by atoms with van der Waals surface area (Å²) in [4.78, 5) is 38.6. The Labute approximate surface area is 204 Å². The number of carbonyl (C=O) groups excluding carboxylic acids is 2. The topological polar surface area (TPSA) is 112 Å². The second-order valence-electron chi connectivity index (χ2n) is 7.86. The van der Waals surface area contributed by atoms with E-state index < -0.39 is 11.3 Å². The van der Waals surface area contributed by atoms with E-state index in [4.69, 9.17) is 21.1 Å². The molecule has 0 aliphatic carbocycles. The van der Waals surface area contributed by atoms with Gasteiger partial charge in [0.2, 0.25) is 12.2 Å². The molecule has 2 heterocycles. The summed E-state index contributed by atoms with van der Waals surface area (Å²) in [6, 6.07) is 16.7. The minimum Gasteiger partial charge on any atom is -0.454 e. The summed E-state index contributed by atoms with van der Waals surface area (Å²) in [7, 11) is 1.64. The molecular formula is C25H19ClN4O5. The van der Waals surface area contributed by atoms with Gasteiger partial charge in [-0.25, -0.2) is 0 Å². The number of hydrogen-bond acceptors (Lipinski definition) is 6. The third kappa shape index (κ3) is 4.53. The van der Waals surface area contributed by atoms with Gasteiger partial charge in [-0.3, -0.25) is 19.1 Å². The minimum atomic E-state index is -0.600. The van der Waals surface area contributed by atoms with Crippen LogP contribution in [0.2, 0.25) is 5.02 Å². The van der Waals surface area contributed by atoms with Gasteiger partial charge in [-0.1, -0.05) is 23.7 Å². The zero-order valence-corrected chi connectivity index (χ0v) is 19.3. The van der Waals surface area contributed by atoms with E-state index in [9.17, 15) is 14.4 Å². The molecule has 2 amide bonds. The van der Waals surface area contributed by atoms with Gasteiger partial charge in [0.1, 0.15) is 0 Å². The van der Waals surface area contributed by atoms with Crippen LogP contribution in [0.3, 0.4) is 0 Å². The van der Waals surface area contributed by atoms with Crippen LogP contribution >= 0.6 is 11.6 Å². The number of nitrogens with one attached hydrogen (secondary N) is 2. The lowest BCUT2D eigenvalue weighted by molar-refractivity contribution is 0.0942. The first kappa shape index (κ1) is 22.4. The Bertz CT molecular complexity index is 1530. The van der Waals surface area contributed by atoms with E-state index in [0.717, 1.165) is 5.56 Å². The fraction of sp³-hybridized carbons (Fsp3) is 0.120. The number of aromatic nitrogens is 2. The molecule has 0 saturated carbocycles. The maximum Gasteiger partial charge on any atom is 0.276 e. The van der Waals surface area contributed by atoms with Crippen molar-refractivity contribution in [1.82, 2.24) is 15.1 Å². The van der Waals surface area contributed by atoms with Gasteiger partial charge in [0, 0.05) is 29.9 Å². The molecule has 35 heavy (non-hydrogen) atoms. The van der Waals surface area contributed by atoms with Crippen LogP contribution in [-0.2, 0) is 13.6 Å². The fourth-order valence-electron chi connectivity index (χ4n) is 3.71. The number of benzene rings is 3. The number of fused-ring (bicyclic) bond motifs is 2. The molecule has 5 rings (SSSR count). The van der Waals surface area contributed by atoms with E-state index in [0.29, 0.717) is 33.3 Å². The molecule has 0 radical (unpaired) electrons. The van der Waals surface area contributed by atoms with Gasteiger partial charge in [-0.2, -0.15) is 5.10 Å². The van der Waals surface area contributed by atoms with Gasteiger partial charge in [0.25, 0.3) is 11.8 Å². The quantitative estimate of drug-likeness (QED) is 0.443. The first-order valence-corrected chi connectivity index (χ1v) is 11.0. The van der Waals surface area contributed by atoms with Crippen LogP contribution in [0.5, 0.6) is 11.5 Å². The molecule has 0 spiro atoms. The van der Waals surface area contributed by atoms with Gasteiger partial charge in [0.15, 0.2) is 17.2 Å². The number of rotatable bonds is 5. The van der Waals surface area contributed by atoms with E-state index in [1.54, 1.807) is 61.6 Å². The molecule has 0 atom stereocenters. The smallest absolute Gasteiger partial charge is 0.276 e. The van der Waals surface area contributed by atoms with E-state index >= 15 is 0 Å². The number of anilines is 1. The lowest BCUT2D eigenvalue weighted by Gasteiger charge is -2.11. The molecule has 4 aromatic rings. The predicted octanol–water partition coefficient (Wildman–Crippen LogP) is 3.50. The molecule has 0 fully saturated rings. The van der Waals surface area contributed by atoms with Crippen molar-refractivity contribution < 1.29 is 19.1 Å².